The Kier molecular flexibility index (Phi) is 13.1. The number of phenols is 2. The molecule has 0 spiro atoms. The van der Waals surface area contributed by atoms with E-state index < -0.39 is 0 Å². The van der Waals surface area contributed by atoms with E-state index in [4.69, 9.17) is 9.47 Å². The molecule has 0 aromatic heterocycles. The standard InChI is InChI=1S/C42H56N4O6/c1-45-23-19-42(20-24-45,34-10-6-3-7-11-34)35-28-31(12-14-36(35)47)17-26-51-27-18-39(50)46(29-32-8-4-2-5-9-32)25-22-43-21-16-33-13-15-37(48)40-41(33)52-30-38(49)44-40/h3,6-7,10-15,28,32,43,47-48H,2,4-5,8-9,16-27,29-30H2,1H3,(H,44,49). The molecule has 6 rings (SSSR count). The lowest BCUT2D eigenvalue weighted by Crippen LogP contribution is -2.41. The highest BCUT2D eigenvalue weighted by Gasteiger charge is 2.39. The number of piperidine rings is 1. The summed E-state index contributed by atoms with van der Waals surface area (Å²) in [5.41, 5.74) is 4.39. The first kappa shape index (κ1) is 37.6. The molecule has 280 valence electrons. The molecule has 2 fully saturated rings. The average Bonchev–Trinajstić information content (AvgIpc) is 3.17. The van der Waals surface area contributed by atoms with Crippen molar-refractivity contribution in [3.63, 3.8) is 0 Å². The SMILES string of the molecule is CN1CCC(c2ccccc2)(c2cc(CCOCCC(=O)N(CCNCCc3ccc(O)c4c3OCC(=O)N4)CC3CCCCC3)ccc2O)CC1. The number of benzene rings is 3. The summed E-state index contributed by atoms with van der Waals surface area (Å²) in [6.07, 6.45) is 9.71. The molecule has 4 N–H and O–H groups in total. The minimum absolute atomic E-state index is 0.00476. The summed E-state index contributed by atoms with van der Waals surface area (Å²) in [6.45, 7) is 5.53. The zero-order chi connectivity index (χ0) is 36.3. The Balaban J connectivity index is 0.988. The highest BCUT2D eigenvalue weighted by atomic mass is 16.5. The van der Waals surface area contributed by atoms with Gasteiger partial charge in [-0.15, -0.1) is 0 Å². The first-order chi connectivity index (χ1) is 25.3. The molecule has 10 nitrogen and oxygen atoms in total. The van der Waals surface area contributed by atoms with Crippen molar-refractivity contribution in [3.8, 4) is 17.2 Å². The monoisotopic (exact) mass is 712 g/mol. The van der Waals surface area contributed by atoms with Gasteiger partial charge in [-0.25, -0.2) is 0 Å². The summed E-state index contributed by atoms with van der Waals surface area (Å²) in [5.74, 6) is 1.26. The fourth-order valence-electron chi connectivity index (χ4n) is 8.18. The second-order valence-corrected chi connectivity index (χ2v) is 14.8. The molecule has 52 heavy (non-hydrogen) atoms. The molecular weight excluding hydrogens is 656 g/mol. The molecule has 0 atom stereocenters. The molecule has 0 unspecified atom stereocenters. The third kappa shape index (κ3) is 9.45. The van der Waals surface area contributed by atoms with Crippen molar-refractivity contribution in [1.82, 2.24) is 15.1 Å². The molecule has 2 aliphatic heterocycles. The molecule has 0 radical (unpaired) electrons. The molecule has 1 aliphatic carbocycles. The molecule has 3 aromatic rings. The molecule has 0 bridgehead atoms. The largest absolute Gasteiger partial charge is 0.508 e. The molecule has 10 heteroatoms. The maximum absolute atomic E-state index is 13.5. The Labute approximate surface area is 308 Å². The number of anilines is 1. The summed E-state index contributed by atoms with van der Waals surface area (Å²) < 4.78 is 11.7. The zero-order valence-corrected chi connectivity index (χ0v) is 30.7. The van der Waals surface area contributed by atoms with E-state index in [0.29, 0.717) is 75.2 Å². The smallest absolute Gasteiger partial charge is 0.262 e. The minimum Gasteiger partial charge on any atom is -0.508 e. The lowest BCUT2D eigenvalue weighted by atomic mass is 9.67. The summed E-state index contributed by atoms with van der Waals surface area (Å²) in [7, 11) is 2.16. The van der Waals surface area contributed by atoms with Gasteiger partial charge in [-0.2, -0.15) is 0 Å². The Morgan fingerprint density at radius 2 is 1.75 bits per heavy atom. The van der Waals surface area contributed by atoms with Gasteiger partial charge in [-0.3, -0.25) is 9.59 Å². The van der Waals surface area contributed by atoms with E-state index in [0.717, 1.165) is 49.2 Å². The highest BCUT2D eigenvalue weighted by molar-refractivity contribution is 5.97. The number of likely N-dealkylation sites (tertiary alicyclic amines) is 1. The number of hydrogen-bond donors (Lipinski definition) is 4. The zero-order valence-electron chi connectivity index (χ0n) is 30.7. The van der Waals surface area contributed by atoms with Crippen LogP contribution >= 0.6 is 0 Å². The van der Waals surface area contributed by atoms with Crippen LogP contribution in [0.2, 0.25) is 0 Å². The summed E-state index contributed by atoms with van der Waals surface area (Å²) in [6, 6.07) is 20.0. The Hall–Kier alpha value is -4.12. The first-order valence-electron chi connectivity index (χ1n) is 19.2. The topological polar surface area (TPSA) is 124 Å². The van der Waals surface area contributed by atoms with Crippen molar-refractivity contribution in [2.45, 2.75) is 69.6 Å². The van der Waals surface area contributed by atoms with E-state index in [1.165, 1.54) is 37.7 Å². The summed E-state index contributed by atoms with van der Waals surface area (Å²) in [5, 5.41) is 27.4. The number of phenolic OH excluding ortho intramolecular Hbond substituents is 2. The first-order valence-corrected chi connectivity index (χ1v) is 19.2. The molecule has 2 heterocycles. The van der Waals surface area contributed by atoms with Crippen LogP contribution in [0, 0.1) is 5.92 Å². The van der Waals surface area contributed by atoms with Crippen LogP contribution in [-0.4, -0.2) is 98.0 Å². The summed E-state index contributed by atoms with van der Waals surface area (Å²) >= 11 is 0. The maximum Gasteiger partial charge on any atom is 0.262 e. The number of nitrogens with one attached hydrogen (secondary N) is 2. The number of hydrogen-bond acceptors (Lipinski definition) is 8. The van der Waals surface area contributed by atoms with Gasteiger partial charge in [-0.1, -0.05) is 67.8 Å². The number of rotatable bonds is 16. The van der Waals surface area contributed by atoms with Crippen LogP contribution in [0.25, 0.3) is 0 Å². The van der Waals surface area contributed by atoms with Crippen molar-refractivity contribution >= 4 is 17.5 Å². The third-order valence-electron chi connectivity index (χ3n) is 11.3. The number of fused-ring (bicyclic) bond motifs is 1. The fourth-order valence-corrected chi connectivity index (χ4v) is 8.18. The number of aromatic hydroxyl groups is 2. The van der Waals surface area contributed by atoms with Crippen LogP contribution in [-0.2, 0) is 32.6 Å². The van der Waals surface area contributed by atoms with Gasteiger partial charge in [0, 0.05) is 30.6 Å². The predicted octanol–water partition coefficient (Wildman–Crippen LogP) is 5.63. The van der Waals surface area contributed by atoms with Gasteiger partial charge >= 0.3 is 0 Å². The number of ether oxygens (including phenoxy) is 2. The van der Waals surface area contributed by atoms with Crippen molar-refractivity contribution < 1.29 is 29.3 Å². The number of carbonyl (C=O) groups excluding carboxylic acids is 2. The third-order valence-corrected chi connectivity index (χ3v) is 11.3. The number of nitrogens with zero attached hydrogens (tertiary/aromatic N) is 2. The van der Waals surface area contributed by atoms with Crippen LogP contribution in [0.4, 0.5) is 5.69 Å². The van der Waals surface area contributed by atoms with Crippen LogP contribution in [0.5, 0.6) is 17.2 Å². The van der Waals surface area contributed by atoms with Crippen LogP contribution in [0.1, 0.15) is 73.6 Å². The molecule has 1 saturated heterocycles. The van der Waals surface area contributed by atoms with E-state index in [-0.39, 0.29) is 29.6 Å². The Morgan fingerprint density at radius 1 is 0.981 bits per heavy atom. The minimum atomic E-state index is -0.280. The van der Waals surface area contributed by atoms with Gasteiger partial charge in [0.25, 0.3) is 5.91 Å². The second kappa shape index (κ2) is 18.1. The second-order valence-electron chi connectivity index (χ2n) is 14.8. The van der Waals surface area contributed by atoms with E-state index in [2.05, 4.69) is 52.9 Å². The lowest BCUT2D eigenvalue weighted by molar-refractivity contribution is -0.133. The highest BCUT2D eigenvalue weighted by Crippen LogP contribution is 2.45. The van der Waals surface area contributed by atoms with Gasteiger partial charge in [-0.05, 0) is 99.9 Å². The molecule has 3 aliphatic rings. The molecule has 3 aromatic carbocycles. The van der Waals surface area contributed by atoms with Crippen molar-refractivity contribution in [2.75, 3.05) is 71.5 Å². The molecule has 2 amide bonds. The van der Waals surface area contributed by atoms with Crippen LogP contribution in [0.15, 0.2) is 60.7 Å². The van der Waals surface area contributed by atoms with Crippen molar-refractivity contribution in [2.24, 2.45) is 5.92 Å². The number of carbonyl (C=O) groups is 2. The summed E-state index contributed by atoms with van der Waals surface area (Å²) in [4.78, 5) is 29.6. The van der Waals surface area contributed by atoms with Gasteiger partial charge in [0.2, 0.25) is 5.91 Å². The maximum atomic E-state index is 13.5. The quantitative estimate of drug-likeness (QED) is 0.111. The van der Waals surface area contributed by atoms with Gasteiger partial charge in [0.1, 0.15) is 17.2 Å². The molecule has 1 saturated carbocycles. The van der Waals surface area contributed by atoms with Crippen LogP contribution < -0.4 is 15.4 Å². The fraction of sp³-hybridized carbons (Fsp3) is 0.524. The van der Waals surface area contributed by atoms with E-state index in [9.17, 15) is 19.8 Å². The molecular formula is C42H56N4O6. The Bertz CT molecular complexity index is 1630. The van der Waals surface area contributed by atoms with E-state index >= 15 is 0 Å². The van der Waals surface area contributed by atoms with Gasteiger partial charge in [0.05, 0.1) is 19.6 Å². The lowest BCUT2D eigenvalue weighted by Gasteiger charge is -2.42. The predicted molar refractivity (Wildman–Crippen MR) is 203 cm³/mol. The van der Waals surface area contributed by atoms with Gasteiger partial charge < -0.3 is 40.1 Å². The van der Waals surface area contributed by atoms with Crippen molar-refractivity contribution in [3.05, 3.63) is 82.9 Å². The average molecular weight is 713 g/mol. The van der Waals surface area contributed by atoms with E-state index in [1.807, 2.05) is 29.2 Å². The van der Waals surface area contributed by atoms with E-state index in [1.54, 1.807) is 6.07 Å². The van der Waals surface area contributed by atoms with Crippen LogP contribution in [0.3, 0.4) is 0 Å². The van der Waals surface area contributed by atoms with Crippen molar-refractivity contribution in [1.29, 1.82) is 0 Å². The number of amides is 2. The van der Waals surface area contributed by atoms with Gasteiger partial charge in [0.15, 0.2) is 12.4 Å². The normalized spacial score (nSPS) is 17.6. The Morgan fingerprint density at radius 3 is 2.54 bits per heavy atom.